The van der Waals surface area contributed by atoms with Crippen LogP contribution in [0.15, 0.2) is 18.5 Å². The molecule has 0 saturated carbocycles. The smallest absolute Gasteiger partial charge is 0.218 e. The summed E-state index contributed by atoms with van der Waals surface area (Å²) in [6.07, 6.45) is 3.25. The number of nitrogens with zero attached hydrogens (tertiary/aromatic N) is 2. The maximum atomic E-state index is 5.27. The number of nitrogen functional groups attached to an aromatic ring is 1. The van der Waals surface area contributed by atoms with Crippen LogP contribution in [0.2, 0.25) is 0 Å². The molecule has 0 spiro atoms. The van der Waals surface area contributed by atoms with Gasteiger partial charge in [0.1, 0.15) is 0 Å². The van der Waals surface area contributed by atoms with Gasteiger partial charge in [0.05, 0.1) is 0 Å². The van der Waals surface area contributed by atoms with Gasteiger partial charge in [0.2, 0.25) is 4.77 Å². The van der Waals surface area contributed by atoms with E-state index in [9.17, 15) is 0 Å². The van der Waals surface area contributed by atoms with Crippen LogP contribution in [0.1, 0.15) is 0 Å². The van der Waals surface area contributed by atoms with E-state index in [0.717, 1.165) is 0 Å². The lowest BCUT2D eigenvalue weighted by Gasteiger charge is -1.91. The molecule has 1 heterocycles. The molecule has 0 aliphatic heterocycles. The highest BCUT2D eigenvalue weighted by Crippen LogP contribution is 1.78. The first-order chi connectivity index (χ1) is 3.80. The molecule has 0 atom stereocenters. The molecule has 0 aromatic carbocycles. The van der Waals surface area contributed by atoms with Crippen molar-refractivity contribution in [3.8, 4) is 0 Å². The Balaban J connectivity index is 3.35. The number of hydrogen-bond donors (Lipinski definition) is 1. The SMILES string of the molecule is Nn1cccnc1=S. The van der Waals surface area contributed by atoms with Crippen LogP contribution in [-0.4, -0.2) is 9.66 Å². The van der Waals surface area contributed by atoms with Crippen LogP contribution in [0.25, 0.3) is 0 Å². The van der Waals surface area contributed by atoms with Crippen LogP contribution < -0.4 is 5.84 Å². The Morgan fingerprint density at radius 3 is 2.88 bits per heavy atom. The minimum Gasteiger partial charge on any atom is -0.337 e. The molecule has 8 heavy (non-hydrogen) atoms. The molecule has 0 amide bonds. The number of nitrogens with two attached hydrogens (primary N) is 1. The maximum absolute atomic E-state index is 5.27. The van der Waals surface area contributed by atoms with E-state index in [-0.39, 0.29) is 0 Å². The number of hydrogen-bond acceptors (Lipinski definition) is 3. The van der Waals surface area contributed by atoms with Gasteiger partial charge < -0.3 is 5.84 Å². The molecule has 0 unspecified atom stereocenters. The first-order valence-electron chi connectivity index (χ1n) is 2.09. The topological polar surface area (TPSA) is 43.8 Å². The Morgan fingerprint density at radius 2 is 2.50 bits per heavy atom. The second-order valence-electron chi connectivity index (χ2n) is 1.31. The van der Waals surface area contributed by atoms with E-state index >= 15 is 0 Å². The van der Waals surface area contributed by atoms with Crippen molar-refractivity contribution in [1.82, 2.24) is 9.66 Å². The van der Waals surface area contributed by atoms with Crippen molar-refractivity contribution in [3.05, 3.63) is 23.2 Å². The van der Waals surface area contributed by atoms with Crippen LogP contribution in [0.5, 0.6) is 0 Å². The fraction of sp³-hybridized carbons (Fsp3) is 0. The third-order valence-electron chi connectivity index (χ3n) is 0.739. The van der Waals surface area contributed by atoms with Crippen LogP contribution >= 0.6 is 12.2 Å². The van der Waals surface area contributed by atoms with Gasteiger partial charge in [-0.2, -0.15) is 0 Å². The Bertz CT molecular complexity index is 229. The zero-order chi connectivity index (χ0) is 5.98. The van der Waals surface area contributed by atoms with E-state index in [1.807, 2.05) is 0 Å². The van der Waals surface area contributed by atoms with Crippen LogP contribution in [0, 0.1) is 4.77 Å². The molecule has 1 rings (SSSR count). The van der Waals surface area contributed by atoms with Gasteiger partial charge in [0.25, 0.3) is 0 Å². The van der Waals surface area contributed by atoms with Gasteiger partial charge in [-0.05, 0) is 18.3 Å². The molecule has 1 aromatic rings. The lowest BCUT2D eigenvalue weighted by atomic mass is 10.7. The predicted octanol–water partition coefficient (Wildman–Crippen LogP) is 0.326. The Labute approximate surface area is 51.7 Å². The summed E-state index contributed by atoms with van der Waals surface area (Å²) in [5.74, 6) is 5.27. The van der Waals surface area contributed by atoms with Gasteiger partial charge in [-0.3, -0.25) is 0 Å². The molecule has 0 fully saturated rings. The van der Waals surface area contributed by atoms with E-state index in [0.29, 0.717) is 4.77 Å². The van der Waals surface area contributed by atoms with Crippen LogP contribution in [0.4, 0.5) is 0 Å². The molecule has 4 heteroatoms. The van der Waals surface area contributed by atoms with E-state index in [4.69, 9.17) is 5.84 Å². The fourth-order valence-corrected chi connectivity index (χ4v) is 0.490. The van der Waals surface area contributed by atoms with Crippen molar-refractivity contribution in [2.45, 2.75) is 0 Å². The number of rotatable bonds is 0. The second-order valence-corrected chi connectivity index (χ2v) is 1.67. The molecule has 1 aromatic heterocycles. The standard InChI is InChI=1S/C4H5N3S/c5-7-3-1-2-6-4(7)8/h1-3H,5H2. The summed E-state index contributed by atoms with van der Waals surface area (Å²) >= 11 is 4.68. The third-order valence-corrected chi connectivity index (χ3v) is 1.05. The summed E-state index contributed by atoms with van der Waals surface area (Å²) in [4.78, 5) is 3.73. The highest BCUT2D eigenvalue weighted by Gasteiger charge is 1.77. The van der Waals surface area contributed by atoms with Crippen molar-refractivity contribution in [3.63, 3.8) is 0 Å². The van der Waals surface area contributed by atoms with Gasteiger partial charge in [0, 0.05) is 12.4 Å². The largest absolute Gasteiger partial charge is 0.337 e. The molecular weight excluding hydrogens is 122 g/mol. The highest BCUT2D eigenvalue weighted by molar-refractivity contribution is 7.71. The van der Waals surface area contributed by atoms with Crippen molar-refractivity contribution < 1.29 is 0 Å². The van der Waals surface area contributed by atoms with Crippen LogP contribution in [0.3, 0.4) is 0 Å². The molecule has 0 aliphatic carbocycles. The Hall–Kier alpha value is -0.900. The molecule has 0 radical (unpaired) electrons. The molecule has 42 valence electrons. The Morgan fingerprint density at radius 1 is 1.75 bits per heavy atom. The zero-order valence-electron chi connectivity index (χ0n) is 4.11. The molecular formula is C4H5N3S. The second kappa shape index (κ2) is 1.92. The van der Waals surface area contributed by atoms with E-state index in [2.05, 4.69) is 17.2 Å². The maximum Gasteiger partial charge on any atom is 0.218 e. The van der Waals surface area contributed by atoms with Gasteiger partial charge in [0.15, 0.2) is 0 Å². The lowest BCUT2D eigenvalue weighted by molar-refractivity contribution is 0.910. The molecule has 0 aliphatic rings. The van der Waals surface area contributed by atoms with Gasteiger partial charge in [-0.25, -0.2) is 9.66 Å². The lowest BCUT2D eigenvalue weighted by Crippen LogP contribution is -2.09. The van der Waals surface area contributed by atoms with E-state index < -0.39 is 0 Å². The average Bonchev–Trinajstić information content (AvgIpc) is 1.77. The van der Waals surface area contributed by atoms with Crippen molar-refractivity contribution in [2.24, 2.45) is 0 Å². The van der Waals surface area contributed by atoms with E-state index in [1.54, 1.807) is 18.5 Å². The van der Waals surface area contributed by atoms with Crippen LogP contribution in [-0.2, 0) is 0 Å². The average molecular weight is 127 g/mol. The summed E-state index contributed by atoms with van der Waals surface area (Å²) in [6, 6.07) is 1.72. The normalized spacial score (nSPS) is 9.00. The van der Waals surface area contributed by atoms with Crippen molar-refractivity contribution >= 4 is 12.2 Å². The predicted molar refractivity (Wildman–Crippen MR) is 33.2 cm³/mol. The van der Waals surface area contributed by atoms with Gasteiger partial charge >= 0.3 is 0 Å². The summed E-state index contributed by atoms with van der Waals surface area (Å²) < 4.78 is 1.68. The summed E-state index contributed by atoms with van der Waals surface area (Å²) in [5.41, 5.74) is 0. The van der Waals surface area contributed by atoms with Crippen molar-refractivity contribution in [2.75, 3.05) is 5.84 Å². The van der Waals surface area contributed by atoms with Gasteiger partial charge in [-0.15, -0.1) is 0 Å². The first kappa shape index (κ1) is 5.24. The quantitative estimate of drug-likeness (QED) is 0.403. The minimum absolute atomic E-state index is 0.396. The zero-order valence-corrected chi connectivity index (χ0v) is 4.93. The highest BCUT2D eigenvalue weighted by atomic mass is 32.1. The molecule has 0 bridgehead atoms. The first-order valence-corrected chi connectivity index (χ1v) is 2.50. The number of aromatic nitrogens is 2. The summed E-state index contributed by atoms with van der Waals surface area (Å²) in [5, 5.41) is 0. The fourth-order valence-electron chi connectivity index (χ4n) is 0.368. The van der Waals surface area contributed by atoms with Gasteiger partial charge in [-0.1, -0.05) is 0 Å². The summed E-state index contributed by atoms with van der Waals surface area (Å²) in [7, 11) is 0. The summed E-state index contributed by atoms with van der Waals surface area (Å²) in [6.45, 7) is 0. The minimum atomic E-state index is 0.396. The third kappa shape index (κ3) is 0.840. The molecule has 2 N–H and O–H groups in total. The molecule has 0 saturated heterocycles. The molecule has 3 nitrogen and oxygen atoms in total. The Kier molecular flexibility index (Phi) is 1.26. The van der Waals surface area contributed by atoms with Crippen molar-refractivity contribution in [1.29, 1.82) is 0 Å². The monoisotopic (exact) mass is 127 g/mol. The van der Waals surface area contributed by atoms with E-state index in [1.165, 1.54) is 4.68 Å².